The van der Waals surface area contributed by atoms with Gasteiger partial charge in [0.15, 0.2) is 0 Å². The van der Waals surface area contributed by atoms with Crippen molar-refractivity contribution >= 4 is 0 Å². The lowest BCUT2D eigenvalue weighted by atomic mass is 10.1. The number of benzene rings is 2. The first-order chi connectivity index (χ1) is 7.38. The van der Waals surface area contributed by atoms with Gasteiger partial charge in [-0.1, -0.05) is 42.5 Å². The minimum absolute atomic E-state index is 0.920. The number of hydrogen-bond acceptors (Lipinski definition) is 1. The van der Waals surface area contributed by atoms with Crippen LogP contribution in [-0.4, -0.2) is 7.11 Å². The van der Waals surface area contributed by atoms with Gasteiger partial charge in [-0.3, -0.25) is 0 Å². The normalized spacial score (nSPS) is 9.93. The van der Waals surface area contributed by atoms with Crippen LogP contribution in [0.5, 0.6) is 5.75 Å². The van der Waals surface area contributed by atoms with Crippen molar-refractivity contribution in [2.24, 2.45) is 0 Å². The molecule has 2 rings (SSSR count). The Morgan fingerprint density at radius 2 is 1.60 bits per heavy atom. The second-order valence-corrected chi connectivity index (χ2v) is 3.51. The van der Waals surface area contributed by atoms with Crippen molar-refractivity contribution in [3.05, 3.63) is 65.7 Å². The molecule has 76 valence electrons. The third kappa shape index (κ3) is 2.59. The molecule has 0 aromatic heterocycles. The summed E-state index contributed by atoms with van der Waals surface area (Å²) < 4.78 is 5.19. The van der Waals surface area contributed by atoms with Crippen molar-refractivity contribution < 1.29 is 4.74 Å². The lowest BCUT2D eigenvalue weighted by Gasteiger charge is -2.04. The molecule has 0 N–H and O–H groups in total. The maximum atomic E-state index is 5.19. The average Bonchev–Trinajstić information content (AvgIpc) is 2.31. The molecule has 0 aliphatic rings. The van der Waals surface area contributed by atoms with Crippen molar-refractivity contribution in [1.29, 1.82) is 0 Å². The molecule has 0 aliphatic carbocycles. The Hall–Kier alpha value is -1.76. The first kappa shape index (κ1) is 9.78. The van der Waals surface area contributed by atoms with E-state index in [1.54, 1.807) is 7.11 Å². The van der Waals surface area contributed by atoms with Crippen LogP contribution in [0.25, 0.3) is 0 Å². The summed E-state index contributed by atoms with van der Waals surface area (Å²) >= 11 is 0. The highest BCUT2D eigenvalue weighted by Crippen LogP contribution is 2.15. The second-order valence-electron chi connectivity index (χ2n) is 3.51. The molecule has 0 heterocycles. The van der Waals surface area contributed by atoms with Gasteiger partial charge in [0, 0.05) is 0 Å². The van der Waals surface area contributed by atoms with E-state index in [-0.39, 0.29) is 0 Å². The van der Waals surface area contributed by atoms with E-state index in [0.717, 1.165) is 12.2 Å². The molecule has 2 aromatic carbocycles. The van der Waals surface area contributed by atoms with Gasteiger partial charge >= 0.3 is 0 Å². The van der Waals surface area contributed by atoms with Crippen molar-refractivity contribution in [3.8, 4) is 5.75 Å². The third-order valence-electron chi connectivity index (χ3n) is 2.39. The van der Waals surface area contributed by atoms with Crippen LogP contribution in [0.15, 0.2) is 54.6 Å². The molecule has 0 aliphatic heterocycles. The summed E-state index contributed by atoms with van der Waals surface area (Å²) in [6, 6.07) is 18.6. The Labute approximate surface area is 90.3 Å². The molecular formula is C14H14O. The fraction of sp³-hybridized carbons (Fsp3) is 0.143. The van der Waals surface area contributed by atoms with Crippen LogP contribution < -0.4 is 4.74 Å². The summed E-state index contributed by atoms with van der Waals surface area (Å²) in [5.41, 5.74) is 2.60. The predicted molar refractivity (Wildman–Crippen MR) is 62.2 cm³/mol. The molecule has 0 amide bonds. The molecule has 1 heteroatoms. The predicted octanol–water partition coefficient (Wildman–Crippen LogP) is 3.29. The van der Waals surface area contributed by atoms with Crippen molar-refractivity contribution in [2.75, 3.05) is 7.11 Å². The molecule has 15 heavy (non-hydrogen) atoms. The first-order valence-electron chi connectivity index (χ1n) is 5.05. The number of rotatable bonds is 3. The van der Waals surface area contributed by atoms with Gasteiger partial charge in [-0.2, -0.15) is 0 Å². The zero-order valence-electron chi connectivity index (χ0n) is 8.81. The summed E-state index contributed by atoms with van der Waals surface area (Å²) in [6.45, 7) is 0. The van der Waals surface area contributed by atoms with E-state index in [9.17, 15) is 0 Å². The monoisotopic (exact) mass is 198 g/mol. The van der Waals surface area contributed by atoms with Gasteiger partial charge in [-0.25, -0.2) is 0 Å². The highest BCUT2D eigenvalue weighted by molar-refractivity contribution is 5.32. The average molecular weight is 198 g/mol. The van der Waals surface area contributed by atoms with Crippen molar-refractivity contribution in [3.63, 3.8) is 0 Å². The number of hydrogen-bond donors (Lipinski definition) is 0. The van der Waals surface area contributed by atoms with E-state index in [0.29, 0.717) is 0 Å². The molecular weight excluding hydrogens is 184 g/mol. The topological polar surface area (TPSA) is 9.23 Å². The Morgan fingerprint density at radius 3 is 2.33 bits per heavy atom. The van der Waals surface area contributed by atoms with Crippen LogP contribution in [0, 0.1) is 0 Å². The Bertz CT molecular complexity index is 420. The van der Waals surface area contributed by atoms with Gasteiger partial charge in [0.25, 0.3) is 0 Å². The van der Waals surface area contributed by atoms with Crippen LogP contribution in [0.4, 0.5) is 0 Å². The smallest absolute Gasteiger partial charge is 0.119 e. The standard InChI is InChI=1S/C14H14O/c1-15-14-9-5-8-13(11-14)10-12-6-3-2-4-7-12/h2-9,11H,10H2,1H3. The summed E-state index contributed by atoms with van der Waals surface area (Å²) in [4.78, 5) is 0. The molecule has 1 nitrogen and oxygen atoms in total. The van der Waals surface area contributed by atoms with E-state index in [4.69, 9.17) is 4.74 Å². The second kappa shape index (κ2) is 4.65. The summed E-state index contributed by atoms with van der Waals surface area (Å²) in [7, 11) is 1.70. The molecule has 0 atom stereocenters. The summed E-state index contributed by atoms with van der Waals surface area (Å²) in [6.07, 6.45) is 0.956. The first-order valence-corrected chi connectivity index (χ1v) is 5.05. The fourth-order valence-electron chi connectivity index (χ4n) is 1.61. The molecule has 2 aromatic rings. The van der Waals surface area contributed by atoms with E-state index in [1.165, 1.54) is 11.1 Å². The zero-order chi connectivity index (χ0) is 10.5. The lowest BCUT2D eigenvalue weighted by molar-refractivity contribution is 0.414. The molecule has 0 bridgehead atoms. The Morgan fingerprint density at radius 1 is 0.867 bits per heavy atom. The van der Waals surface area contributed by atoms with E-state index in [2.05, 4.69) is 36.4 Å². The van der Waals surface area contributed by atoms with Crippen LogP contribution >= 0.6 is 0 Å². The minimum atomic E-state index is 0.920. The van der Waals surface area contributed by atoms with E-state index >= 15 is 0 Å². The SMILES string of the molecule is COc1cccc(Cc2ccccc2)c1. The van der Waals surface area contributed by atoms with Crippen LogP contribution in [0.3, 0.4) is 0 Å². The van der Waals surface area contributed by atoms with Crippen LogP contribution in [-0.2, 0) is 6.42 Å². The largest absolute Gasteiger partial charge is 0.497 e. The summed E-state index contributed by atoms with van der Waals surface area (Å²) in [5.74, 6) is 0.920. The number of methoxy groups -OCH3 is 1. The Balaban J connectivity index is 2.17. The van der Waals surface area contributed by atoms with Crippen molar-refractivity contribution in [1.82, 2.24) is 0 Å². The van der Waals surface area contributed by atoms with Crippen LogP contribution in [0.1, 0.15) is 11.1 Å². The Kier molecular flexibility index (Phi) is 3.03. The minimum Gasteiger partial charge on any atom is -0.497 e. The molecule has 0 unspecified atom stereocenters. The van der Waals surface area contributed by atoms with E-state index < -0.39 is 0 Å². The molecule has 0 radical (unpaired) electrons. The highest BCUT2D eigenvalue weighted by Gasteiger charge is 1.97. The molecule has 0 spiro atoms. The maximum Gasteiger partial charge on any atom is 0.119 e. The van der Waals surface area contributed by atoms with Crippen molar-refractivity contribution in [2.45, 2.75) is 6.42 Å². The maximum absolute atomic E-state index is 5.19. The highest BCUT2D eigenvalue weighted by atomic mass is 16.5. The molecule has 0 saturated carbocycles. The third-order valence-corrected chi connectivity index (χ3v) is 2.39. The summed E-state index contributed by atoms with van der Waals surface area (Å²) in [5, 5.41) is 0. The number of ether oxygens (including phenoxy) is 1. The van der Waals surface area contributed by atoms with Gasteiger partial charge in [-0.15, -0.1) is 0 Å². The quantitative estimate of drug-likeness (QED) is 0.735. The lowest BCUT2D eigenvalue weighted by Crippen LogP contribution is -1.89. The molecule has 0 fully saturated rings. The van der Waals surface area contributed by atoms with Gasteiger partial charge in [0.05, 0.1) is 7.11 Å². The van der Waals surface area contributed by atoms with Gasteiger partial charge < -0.3 is 4.74 Å². The zero-order valence-corrected chi connectivity index (χ0v) is 8.81. The van der Waals surface area contributed by atoms with Gasteiger partial charge in [0.1, 0.15) is 5.75 Å². The van der Waals surface area contributed by atoms with Crippen LogP contribution in [0.2, 0.25) is 0 Å². The molecule has 0 saturated heterocycles. The van der Waals surface area contributed by atoms with Gasteiger partial charge in [-0.05, 0) is 29.7 Å². The fourth-order valence-corrected chi connectivity index (χ4v) is 1.61. The van der Waals surface area contributed by atoms with Gasteiger partial charge in [0.2, 0.25) is 0 Å². The van der Waals surface area contributed by atoms with E-state index in [1.807, 2.05) is 18.2 Å².